The van der Waals surface area contributed by atoms with Crippen molar-refractivity contribution in [1.29, 1.82) is 0 Å². The van der Waals surface area contributed by atoms with Crippen LogP contribution in [0.1, 0.15) is 16.4 Å². The number of benzene rings is 1. The first kappa shape index (κ1) is 9.51. The minimum Gasteiger partial charge on any atom is -0.294 e. The Morgan fingerprint density at radius 2 is 2.00 bits per heavy atom. The highest BCUT2D eigenvalue weighted by Gasteiger charge is 2.06. The predicted molar refractivity (Wildman–Crippen MR) is 51.4 cm³/mol. The molecule has 5 heteroatoms. The fourth-order valence-electron chi connectivity index (χ4n) is 1.29. The minimum atomic E-state index is -0.313. The van der Waals surface area contributed by atoms with Crippen LogP contribution in [0.25, 0.3) is 5.69 Å². The summed E-state index contributed by atoms with van der Waals surface area (Å²) in [5, 5.41) is 3.94. The molecule has 0 aliphatic rings. The third-order valence-corrected chi connectivity index (χ3v) is 1.96. The molecular formula is C10H8FN3O. The van der Waals surface area contributed by atoms with Crippen molar-refractivity contribution in [3.8, 4) is 5.69 Å². The Labute approximate surface area is 85.4 Å². The van der Waals surface area contributed by atoms with Crippen LogP contribution >= 0.6 is 0 Å². The van der Waals surface area contributed by atoms with E-state index in [0.29, 0.717) is 17.8 Å². The summed E-state index contributed by atoms with van der Waals surface area (Å²) >= 11 is 0. The number of aldehydes is 1. The molecule has 1 aromatic carbocycles. The molecule has 0 unspecified atom stereocenters. The summed E-state index contributed by atoms with van der Waals surface area (Å²) in [7, 11) is 0. The largest absolute Gasteiger partial charge is 0.294 e. The molecule has 0 spiro atoms. The van der Waals surface area contributed by atoms with Gasteiger partial charge in [-0.05, 0) is 31.2 Å². The molecule has 2 rings (SSSR count). The molecule has 2 aromatic rings. The lowest BCUT2D eigenvalue weighted by atomic mass is 10.3. The average molecular weight is 205 g/mol. The summed E-state index contributed by atoms with van der Waals surface area (Å²) in [5.41, 5.74) is 0.675. The van der Waals surface area contributed by atoms with E-state index in [1.54, 1.807) is 19.1 Å². The van der Waals surface area contributed by atoms with E-state index < -0.39 is 0 Å². The topological polar surface area (TPSA) is 47.8 Å². The van der Waals surface area contributed by atoms with Crippen molar-refractivity contribution >= 4 is 6.29 Å². The van der Waals surface area contributed by atoms with E-state index in [1.807, 2.05) is 0 Å². The number of carbonyl (C=O) groups is 1. The zero-order valence-corrected chi connectivity index (χ0v) is 8.01. The molecular weight excluding hydrogens is 197 g/mol. The lowest BCUT2D eigenvalue weighted by Gasteiger charge is -2.01. The van der Waals surface area contributed by atoms with Crippen molar-refractivity contribution < 1.29 is 9.18 Å². The lowest BCUT2D eigenvalue weighted by molar-refractivity contribution is 0.111. The van der Waals surface area contributed by atoms with E-state index >= 15 is 0 Å². The van der Waals surface area contributed by atoms with Gasteiger partial charge in [0.05, 0.1) is 5.69 Å². The Bertz CT molecular complexity index is 490. The highest BCUT2D eigenvalue weighted by molar-refractivity contribution is 5.68. The van der Waals surface area contributed by atoms with E-state index in [0.717, 1.165) is 0 Å². The molecule has 0 atom stereocenters. The molecule has 15 heavy (non-hydrogen) atoms. The molecule has 1 heterocycles. The number of aryl methyl sites for hydroxylation is 1. The van der Waals surface area contributed by atoms with Crippen molar-refractivity contribution in [2.24, 2.45) is 0 Å². The second-order valence-corrected chi connectivity index (χ2v) is 3.02. The quantitative estimate of drug-likeness (QED) is 0.698. The van der Waals surface area contributed by atoms with Gasteiger partial charge in [-0.1, -0.05) is 0 Å². The number of carbonyl (C=O) groups excluding carboxylic acids is 1. The molecule has 0 saturated heterocycles. The van der Waals surface area contributed by atoms with Gasteiger partial charge in [0.25, 0.3) is 0 Å². The van der Waals surface area contributed by atoms with Gasteiger partial charge in [-0.3, -0.25) is 4.79 Å². The molecule has 0 fully saturated rings. The average Bonchev–Trinajstić information content (AvgIpc) is 2.61. The molecule has 1 aromatic heterocycles. The van der Waals surface area contributed by atoms with Gasteiger partial charge in [-0.15, -0.1) is 5.10 Å². The van der Waals surface area contributed by atoms with Crippen LogP contribution < -0.4 is 0 Å². The van der Waals surface area contributed by atoms with Crippen molar-refractivity contribution in [2.75, 3.05) is 0 Å². The Morgan fingerprint density at radius 1 is 1.33 bits per heavy atom. The first-order chi connectivity index (χ1) is 7.20. The molecule has 0 aliphatic carbocycles. The zero-order valence-electron chi connectivity index (χ0n) is 8.01. The van der Waals surface area contributed by atoms with Gasteiger partial charge in [-0.2, -0.15) is 0 Å². The van der Waals surface area contributed by atoms with Crippen LogP contribution in [0.15, 0.2) is 24.3 Å². The number of hydrogen-bond donors (Lipinski definition) is 0. The molecule has 4 nitrogen and oxygen atoms in total. The highest BCUT2D eigenvalue weighted by Crippen LogP contribution is 2.09. The number of halogens is 1. The fraction of sp³-hybridized carbons (Fsp3) is 0.100. The zero-order chi connectivity index (χ0) is 10.8. The maximum absolute atomic E-state index is 12.7. The van der Waals surface area contributed by atoms with Crippen LogP contribution in [0.3, 0.4) is 0 Å². The van der Waals surface area contributed by atoms with Crippen LogP contribution in [0.5, 0.6) is 0 Å². The van der Waals surface area contributed by atoms with Crippen LogP contribution in [0.2, 0.25) is 0 Å². The summed E-state index contributed by atoms with van der Waals surface area (Å²) in [6.07, 6.45) is 0.576. The third kappa shape index (κ3) is 1.76. The van der Waals surface area contributed by atoms with Crippen LogP contribution in [0, 0.1) is 12.7 Å². The molecule has 0 aliphatic heterocycles. The van der Waals surface area contributed by atoms with E-state index in [-0.39, 0.29) is 11.6 Å². The maximum atomic E-state index is 12.7. The number of nitrogens with zero attached hydrogens (tertiary/aromatic N) is 3. The van der Waals surface area contributed by atoms with E-state index in [9.17, 15) is 9.18 Å². The van der Waals surface area contributed by atoms with Gasteiger partial charge >= 0.3 is 0 Å². The van der Waals surface area contributed by atoms with Gasteiger partial charge in [-0.25, -0.2) is 14.1 Å². The van der Waals surface area contributed by atoms with Crippen LogP contribution in [-0.2, 0) is 0 Å². The van der Waals surface area contributed by atoms with E-state index in [1.165, 1.54) is 16.8 Å². The minimum absolute atomic E-state index is 0.122. The maximum Gasteiger partial charge on any atom is 0.214 e. The fourth-order valence-corrected chi connectivity index (χ4v) is 1.29. The van der Waals surface area contributed by atoms with Crippen molar-refractivity contribution in [1.82, 2.24) is 14.8 Å². The molecule has 0 bridgehead atoms. The van der Waals surface area contributed by atoms with Gasteiger partial charge in [0.15, 0.2) is 6.29 Å². The summed E-state index contributed by atoms with van der Waals surface area (Å²) in [4.78, 5) is 14.4. The summed E-state index contributed by atoms with van der Waals surface area (Å²) < 4.78 is 14.2. The van der Waals surface area contributed by atoms with Crippen molar-refractivity contribution in [3.05, 3.63) is 41.7 Å². The summed E-state index contributed by atoms with van der Waals surface area (Å²) in [6.45, 7) is 1.73. The summed E-state index contributed by atoms with van der Waals surface area (Å²) in [6, 6.07) is 5.81. The lowest BCUT2D eigenvalue weighted by Crippen LogP contribution is -1.99. The van der Waals surface area contributed by atoms with Gasteiger partial charge in [0.1, 0.15) is 11.6 Å². The van der Waals surface area contributed by atoms with Gasteiger partial charge in [0.2, 0.25) is 5.82 Å². The first-order valence-corrected chi connectivity index (χ1v) is 4.35. The Hall–Kier alpha value is -2.04. The summed E-state index contributed by atoms with van der Waals surface area (Å²) in [5.74, 6) is 0.396. The standard InChI is InChI=1S/C10H8FN3O/c1-7-12-10(6-15)13-14(7)9-4-2-8(11)3-5-9/h2-6H,1H3. The number of hydrogen-bond acceptors (Lipinski definition) is 3. The normalized spacial score (nSPS) is 10.3. The number of rotatable bonds is 2. The molecule has 0 radical (unpaired) electrons. The Morgan fingerprint density at radius 3 is 2.53 bits per heavy atom. The second kappa shape index (κ2) is 3.61. The van der Waals surface area contributed by atoms with Gasteiger partial charge < -0.3 is 0 Å². The highest BCUT2D eigenvalue weighted by atomic mass is 19.1. The smallest absolute Gasteiger partial charge is 0.214 e. The molecule has 0 N–H and O–H groups in total. The van der Waals surface area contributed by atoms with E-state index in [4.69, 9.17) is 0 Å². The molecule has 0 amide bonds. The third-order valence-electron chi connectivity index (χ3n) is 1.96. The van der Waals surface area contributed by atoms with Crippen molar-refractivity contribution in [3.63, 3.8) is 0 Å². The molecule has 0 saturated carbocycles. The van der Waals surface area contributed by atoms with Crippen LogP contribution in [-0.4, -0.2) is 21.1 Å². The van der Waals surface area contributed by atoms with Crippen LogP contribution in [0.4, 0.5) is 4.39 Å². The Balaban J connectivity index is 2.48. The predicted octanol–water partition coefficient (Wildman–Crippen LogP) is 1.53. The monoisotopic (exact) mass is 205 g/mol. The SMILES string of the molecule is Cc1nc(C=O)nn1-c1ccc(F)cc1. The van der Waals surface area contributed by atoms with Crippen molar-refractivity contribution in [2.45, 2.75) is 6.92 Å². The van der Waals surface area contributed by atoms with Gasteiger partial charge in [0, 0.05) is 0 Å². The first-order valence-electron chi connectivity index (χ1n) is 4.35. The second-order valence-electron chi connectivity index (χ2n) is 3.02. The number of aromatic nitrogens is 3. The molecule has 76 valence electrons. The van der Waals surface area contributed by atoms with E-state index in [2.05, 4.69) is 10.1 Å². The Kier molecular flexibility index (Phi) is 2.29.